The Kier molecular flexibility index (Phi) is 5.92. The molecule has 2 aliphatic heterocycles. The van der Waals surface area contributed by atoms with Crippen LogP contribution in [0.1, 0.15) is 5.56 Å². The number of rotatable bonds is 6. The Morgan fingerprint density at radius 3 is 2.60 bits per heavy atom. The van der Waals surface area contributed by atoms with E-state index in [9.17, 15) is 14.0 Å². The van der Waals surface area contributed by atoms with Crippen molar-refractivity contribution in [3.05, 3.63) is 78.6 Å². The van der Waals surface area contributed by atoms with Gasteiger partial charge in [-0.1, -0.05) is 36.4 Å². The lowest BCUT2D eigenvalue weighted by atomic mass is 9.83. The fraction of sp³-hybridized carbons (Fsp3) is 0.304. The summed E-state index contributed by atoms with van der Waals surface area (Å²) < 4.78 is 13.3. The van der Waals surface area contributed by atoms with Crippen molar-refractivity contribution in [2.45, 2.75) is 12.6 Å². The van der Waals surface area contributed by atoms with Gasteiger partial charge in [0.25, 0.3) is 0 Å². The molecular formula is C23H25FN4O2. The topological polar surface area (TPSA) is 64.7 Å². The minimum absolute atomic E-state index is 0.0449. The lowest BCUT2D eigenvalue weighted by molar-refractivity contribution is -0.129. The Hall–Kier alpha value is -3.03. The standard InChI is InChI=1S/C23H25FN4O2/c1-2-12-25-22(29)19-14-27(13-16-8-10-17(24)11-9-16)15-20-21(19)26-28(23(20)30)18-6-4-3-5-7-18/h2-11,19-21,26H,1,12-15H2,(H,25,29). The number of carbonyl (C=O) groups is 2. The molecule has 2 fully saturated rings. The van der Waals surface area contributed by atoms with Crippen LogP contribution in [0.4, 0.5) is 10.1 Å². The maximum atomic E-state index is 13.3. The third kappa shape index (κ3) is 4.13. The summed E-state index contributed by atoms with van der Waals surface area (Å²) in [5.74, 6) is -1.19. The fourth-order valence-electron chi connectivity index (χ4n) is 4.23. The highest BCUT2D eigenvalue weighted by Gasteiger charge is 2.50. The van der Waals surface area contributed by atoms with E-state index >= 15 is 0 Å². The number of anilines is 1. The zero-order chi connectivity index (χ0) is 21.1. The Bertz CT molecular complexity index is 919. The summed E-state index contributed by atoms with van der Waals surface area (Å²) in [6, 6.07) is 15.4. The van der Waals surface area contributed by atoms with Crippen LogP contribution in [-0.2, 0) is 16.1 Å². The molecule has 2 heterocycles. The van der Waals surface area contributed by atoms with Crippen LogP contribution in [0, 0.1) is 17.7 Å². The van der Waals surface area contributed by atoms with Gasteiger partial charge >= 0.3 is 0 Å². The van der Waals surface area contributed by atoms with E-state index in [0.29, 0.717) is 26.2 Å². The van der Waals surface area contributed by atoms with Crippen molar-refractivity contribution in [1.82, 2.24) is 15.6 Å². The monoisotopic (exact) mass is 408 g/mol. The number of nitrogens with zero attached hydrogens (tertiary/aromatic N) is 2. The van der Waals surface area contributed by atoms with Crippen LogP contribution >= 0.6 is 0 Å². The zero-order valence-electron chi connectivity index (χ0n) is 16.6. The van der Waals surface area contributed by atoms with Gasteiger partial charge in [0.2, 0.25) is 11.8 Å². The SMILES string of the molecule is C=CCNC(=O)C1CN(Cc2ccc(F)cc2)CC2C(=O)N(c3ccccc3)NC12. The fourth-order valence-corrected chi connectivity index (χ4v) is 4.23. The summed E-state index contributed by atoms with van der Waals surface area (Å²) in [7, 11) is 0. The molecule has 2 N–H and O–H groups in total. The smallest absolute Gasteiger partial charge is 0.247 e. The Morgan fingerprint density at radius 1 is 1.17 bits per heavy atom. The number of hydrogen-bond acceptors (Lipinski definition) is 4. The molecule has 6 nitrogen and oxygen atoms in total. The Balaban J connectivity index is 1.57. The number of amides is 2. The predicted octanol–water partition coefficient (Wildman–Crippen LogP) is 2.10. The highest BCUT2D eigenvalue weighted by atomic mass is 19.1. The normalized spacial score (nSPS) is 23.8. The molecule has 3 unspecified atom stereocenters. The van der Waals surface area contributed by atoms with Crippen LogP contribution in [0.25, 0.3) is 0 Å². The first-order valence-electron chi connectivity index (χ1n) is 10.1. The largest absolute Gasteiger partial charge is 0.352 e. The van der Waals surface area contributed by atoms with Crippen LogP contribution in [0.3, 0.4) is 0 Å². The number of halogens is 1. The molecule has 0 saturated carbocycles. The van der Waals surface area contributed by atoms with Crippen LogP contribution in [0.2, 0.25) is 0 Å². The van der Waals surface area contributed by atoms with Crippen molar-refractivity contribution in [3.63, 3.8) is 0 Å². The highest BCUT2D eigenvalue weighted by molar-refractivity contribution is 5.98. The van der Waals surface area contributed by atoms with E-state index in [1.165, 1.54) is 12.1 Å². The molecule has 2 amide bonds. The van der Waals surface area contributed by atoms with Gasteiger partial charge in [-0.3, -0.25) is 14.5 Å². The minimum Gasteiger partial charge on any atom is -0.352 e. The number of para-hydroxylation sites is 1. The first-order valence-corrected chi connectivity index (χ1v) is 10.1. The molecular weight excluding hydrogens is 383 g/mol. The van der Waals surface area contributed by atoms with Gasteiger partial charge in [-0.25, -0.2) is 14.8 Å². The lowest BCUT2D eigenvalue weighted by Crippen LogP contribution is -2.56. The molecule has 0 aromatic heterocycles. The van der Waals surface area contributed by atoms with Gasteiger partial charge in [-0.05, 0) is 29.8 Å². The molecule has 30 heavy (non-hydrogen) atoms. The molecule has 2 aromatic rings. The maximum Gasteiger partial charge on any atom is 0.247 e. The molecule has 0 radical (unpaired) electrons. The van der Waals surface area contributed by atoms with Crippen LogP contribution in [0.15, 0.2) is 67.3 Å². The van der Waals surface area contributed by atoms with Crippen molar-refractivity contribution in [1.29, 1.82) is 0 Å². The predicted molar refractivity (Wildman–Crippen MR) is 113 cm³/mol. The van der Waals surface area contributed by atoms with Gasteiger partial charge in [0.15, 0.2) is 0 Å². The van der Waals surface area contributed by atoms with Gasteiger partial charge in [0.05, 0.1) is 23.6 Å². The number of hydrazine groups is 1. The summed E-state index contributed by atoms with van der Waals surface area (Å²) >= 11 is 0. The van der Waals surface area contributed by atoms with E-state index in [1.54, 1.807) is 23.2 Å². The molecule has 4 rings (SSSR count). The first kappa shape index (κ1) is 20.3. The summed E-state index contributed by atoms with van der Waals surface area (Å²) in [5, 5.41) is 4.43. The lowest BCUT2D eigenvalue weighted by Gasteiger charge is -2.38. The molecule has 2 aromatic carbocycles. The second-order valence-corrected chi connectivity index (χ2v) is 7.73. The van der Waals surface area contributed by atoms with Crippen molar-refractivity contribution in [2.75, 3.05) is 24.6 Å². The van der Waals surface area contributed by atoms with E-state index in [0.717, 1.165) is 11.3 Å². The van der Waals surface area contributed by atoms with Gasteiger partial charge in [0.1, 0.15) is 5.82 Å². The minimum atomic E-state index is -0.401. The van der Waals surface area contributed by atoms with Gasteiger partial charge < -0.3 is 5.32 Å². The quantitative estimate of drug-likeness (QED) is 0.719. The van der Waals surface area contributed by atoms with Crippen molar-refractivity contribution in [2.24, 2.45) is 11.8 Å². The Morgan fingerprint density at radius 2 is 1.90 bits per heavy atom. The summed E-state index contributed by atoms with van der Waals surface area (Å²) in [4.78, 5) is 28.2. The number of fused-ring (bicyclic) bond motifs is 1. The molecule has 0 bridgehead atoms. The average molecular weight is 408 g/mol. The van der Waals surface area contributed by atoms with Crippen LogP contribution < -0.4 is 15.8 Å². The number of nitrogens with one attached hydrogen (secondary N) is 2. The van der Waals surface area contributed by atoms with Gasteiger partial charge in [-0.2, -0.15) is 0 Å². The molecule has 3 atom stereocenters. The molecule has 0 spiro atoms. The highest BCUT2D eigenvalue weighted by Crippen LogP contribution is 2.32. The second kappa shape index (κ2) is 8.77. The van der Waals surface area contributed by atoms with Gasteiger partial charge in [0, 0.05) is 26.2 Å². The van der Waals surface area contributed by atoms with E-state index < -0.39 is 5.92 Å². The molecule has 2 aliphatic rings. The average Bonchev–Trinajstić information content (AvgIpc) is 3.10. The summed E-state index contributed by atoms with van der Waals surface area (Å²) in [6.07, 6.45) is 1.64. The van der Waals surface area contributed by atoms with Crippen LogP contribution in [-0.4, -0.2) is 42.4 Å². The van der Waals surface area contributed by atoms with E-state index in [4.69, 9.17) is 0 Å². The second-order valence-electron chi connectivity index (χ2n) is 7.73. The number of hydrogen-bond donors (Lipinski definition) is 2. The zero-order valence-corrected chi connectivity index (χ0v) is 16.6. The number of carbonyl (C=O) groups excluding carboxylic acids is 2. The number of likely N-dealkylation sites (tertiary alicyclic amines) is 1. The number of piperidine rings is 1. The van der Waals surface area contributed by atoms with Crippen molar-refractivity contribution in [3.8, 4) is 0 Å². The van der Waals surface area contributed by atoms with Crippen molar-refractivity contribution >= 4 is 17.5 Å². The molecule has 2 saturated heterocycles. The number of benzene rings is 2. The van der Waals surface area contributed by atoms with E-state index in [-0.39, 0.29) is 29.6 Å². The molecule has 7 heteroatoms. The van der Waals surface area contributed by atoms with Crippen molar-refractivity contribution < 1.29 is 14.0 Å². The first-order chi connectivity index (χ1) is 14.6. The van der Waals surface area contributed by atoms with E-state index in [2.05, 4.69) is 22.2 Å². The summed E-state index contributed by atoms with van der Waals surface area (Å²) in [6.45, 7) is 5.61. The molecule has 156 valence electrons. The molecule has 0 aliphatic carbocycles. The Labute approximate surface area is 175 Å². The van der Waals surface area contributed by atoms with Gasteiger partial charge in [-0.15, -0.1) is 6.58 Å². The summed E-state index contributed by atoms with van der Waals surface area (Å²) in [5.41, 5.74) is 4.98. The maximum absolute atomic E-state index is 13.3. The van der Waals surface area contributed by atoms with E-state index in [1.807, 2.05) is 30.3 Å². The third-order valence-corrected chi connectivity index (χ3v) is 5.68. The van der Waals surface area contributed by atoms with Crippen LogP contribution in [0.5, 0.6) is 0 Å². The third-order valence-electron chi connectivity index (χ3n) is 5.68.